The van der Waals surface area contributed by atoms with Gasteiger partial charge in [-0.1, -0.05) is 19.1 Å². The van der Waals surface area contributed by atoms with Crippen LogP contribution in [0.25, 0.3) is 0 Å². The molecule has 0 saturated carbocycles. The summed E-state index contributed by atoms with van der Waals surface area (Å²) in [5.41, 5.74) is 8.13. The number of hydrogen-bond donors (Lipinski definition) is 2. The van der Waals surface area contributed by atoms with Crippen LogP contribution in [0.4, 0.5) is 5.69 Å². The van der Waals surface area contributed by atoms with Crippen LogP contribution in [-0.4, -0.2) is 36.5 Å². The van der Waals surface area contributed by atoms with Crippen LogP contribution in [0.3, 0.4) is 0 Å². The summed E-state index contributed by atoms with van der Waals surface area (Å²) >= 11 is 0. The second-order valence-corrected chi connectivity index (χ2v) is 6.17. The predicted molar refractivity (Wildman–Crippen MR) is 81.9 cm³/mol. The van der Waals surface area contributed by atoms with Crippen LogP contribution < -0.4 is 10.6 Å². The Morgan fingerprint density at radius 2 is 2.05 bits per heavy atom. The van der Waals surface area contributed by atoms with Crippen molar-refractivity contribution in [2.24, 2.45) is 5.73 Å². The summed E-state index contributed by atoms with van der Waals surface area (Å²) in [6, 6.07) is 8.52. The molecule has 1 heterocycles. The molecule has 112 valence electrons. The highest BCUT2D eigenvalue weighted by atomic mass is 16.5. The Morgan fingerprint density at radius 3 is 2.60 bits per heavy atom. The number of rotatable bonds is 4. The molecular formula is C16H26N2O2. The van der Waals surface area contributed by atoms with E-state index < -0.39 is 0 Å². The highest BCUT2D eigenvalue weighted by molar-refractivity contribution is 5.49. The minimum atomic E-state index is -0.246. The Morgan fingerprint density at radius 1 is 1.40 bits per heavy atom. The Hall–Kier alpha value is -1.10. The lowest BCUT2D eigenvalue weighted by Crippen LogP contribution is -2.54. The molecule has 1 unspecified atom stereocenters. The number of aliphatic hydroxyl groups is 1. The fourth-order valence-corrected chi connectivity index (χ4v) is 2.76. The van der Waals surface area contributed by atoms with Gasteiger partial charge in [-0.25, -0.2) is 0 Å². The Labute approximate surface area is 121 Å². The summed E-state index contributed by atoms with van der Waals surface area (Å²) in [7, 11) is 0. The average molecular weight is 278 g/mol. The summed E-state index contributed by atoms with van der Waals surface area (Å²) in [4.78, 5) is 2.27. The zero-order chi connectivity index (χ0) is 14.8. The van der Waals surface area contributed by atoms with Crippen LogP contribution in [0.15, 0.2) is 24.3 Å². The zero-order valence-electron chi connectivity index (χ0n) is 12.7. The van der Waals surface area contributed by atoms with E-state index in [0.717, 1.165) is 25.2 Å². The third-order valence-corrected chi connectivity index (χ3v) is 3.81. The van der Waals surface area contributed by atoms with Gasteiger partial charge in [0.15, 0.2) is 0 Å². The van der Waals surface area contributed by atoms with Crippen LogP contribution in [0.5, 0.6) is 0 Å². The minimum Gasteiger partial charge on any atom is -0.394 e. The quantitative estimate of drug-likeness (QED) is 0.885. The zero-order valence-corrected chi connectivity index (χ0v) is 12.7. The number of benzene rings is 1. The standard InChI is InChI=1S/C16H26N2O2/c1-4-15(17)12-5-7-13(8-6-12)18-9-14(10-19)20-16(2,3)11-18/h5-8,14-15,19H,4,9-11,17H2,1-3H3/t14?,15-/m1/s1. The van der Waals surface area contributed by atoms with E-state index in [1.807, 2.05) is 0 Å². The van der Waals surface area contributed by atoms with Gasteiger partial charge >= 0.3 is 0 Å². The van der Waals surface area contributed by atoms with E-state index in [4.69, 9.17) is 10.5 Å². The molecule has 0 aliphatic carbocycles. The first-order valence-electron chi connectivity index (χ1n) is 7.34. The van der Waals surface area contributed by atoms with Crippen LogP contribution >= 0.6 is 0 Å². The summed E-state index contributed by atoms with van der Waals surface area (Å²) < 4.78 is 5.84. The molecule has 20 heavy (non-hydrogen) atoms. The molecule has 2 rings (SSSR count). The first kappa shape index (κ1) is 15.3. The van der Waals surface area contributed by atoms with Crippen LogP contribution in [0.1, 0.15) is 38.8 Å². The van der Waals surface area contributed by atoms with E-state index in [-0.39, 0.29) is 24.4 Å². The molecule has 1 aromatic carbocycles. The fraction of sp³-hybridized carbons (Fsp3) is 0.625. The molecular weight excluding hydrogens is 252 g/mol. The number of morpholine rings is 1. The van der Waals surface area contributed by atoms with Crippen molar-refractivity contribution in [1.82, 2.24) is 0 Å². The summed E-state index contributed by atoms with van der Waals surface area (Å²) in [6.07, 6.45) is 0.813. The number of nitrogens with two attached hydrogens (primary N) is 1. The van der Waals surface area contributed by atoms with Gasteiger partial charge in [-0.05, 0) is 38.0 Å². The van der Waals surface area contributed by atoms with Crippen molar-refractivity contribution in [3.8, 4) is 0 Å². The van der Waals surface area contributed by atoms with Crippen molar-refractivity contribution in [2.45, 2.75) is 44.9 Å². The normalized spacial score (nSPS) is 23.6. The van der Waals surface area contributed by atoms with E-state index in [1.54, 1.807) is 0 Å². The van der Waals surface area contributed by atoms with E-state index in [0.29, 0.717) is 0 Å². The molecule has 1 fully saturated rings. The number of nitrogens with zero attached hydrogens (tertiary/aromatic N) is 1. The monoisotopic (exact) mass is 278 g/mol. The molecule has 0 amide bonds. The first-order chi connectivity index (χ1) is 9.45. The van der Waals surface area contributed by atoms with Gasteiger partial charge in [0.2, 0.25) is 0 Å². The van der Waals surface area contributed by atoms with Gasteiger partial charge in [0, 0.05) is 24.8 Å². The van der Waals surface area contributed by atoms with E-state index in [9.17, 15) is 5.11 Å². The maximum atomic E-state index is 9.37. The lowest BCUT2D eigenvalue weighted by molar-refractivity contribution is -0.101. The molecule has 2 atom stereocenters. The highest BCUT2D eigenvalue weighted by Crippen LogP contribution is 2.27. The van der Waals surface area contributed by atoms with Crippen LogP contribution in [0.2, 0.25) is 0 Å². The second-order valence-electron chi connectivity index (χ2n) is 6.17. The molecule has 3 N–H and O–H groups in total. The molecule has 0 radical (unpaired) electrons. The predicted octanol–water partition coefficient (Wildman–Crippen LogP) is 2.07. The van der Waals surface area contributed by atoms with E-state index >= 15 is 0 Å². The number of hydrogen-bond acceptors (Lipinski definition) is 4. The van der Waals surface area contributed by atoms with Gasteiger partial charge in [-0.3, -0.25) is 0 Å². The topological polar surface area (TPSA) is 58.7 Å². The van der Waals surface area contributed by atoms with Gasteiger partial charge in [-0.15, -0.1) is 0 Å². The van der Waals surface area contributed by atoms with Crippen molar-refractivity contribution in [3.05, 3.63) is 29.8 Å². The molecule has 1 saturated heterocycles. The van der Waals surface area contributed by atoms with Crippen molar-refractivity contribution in [3.63, 3.8) is 0 Å². The van der Waals surface area contributed by atoms with Crippen molar-refractivity contribution in [1.29, 1.82) is 0 Å². The Bertz CT molecular complexity index is 431. The van der Waals surface area contributed by atoms with E-state index in [1.165, 1.54) is 5.56 Å². The molecule has 4 heteroatoms. The second kappa shape index (κ2) is 6.12. The largest absolute Gasteiger partial charge is 0.394 e. The van der Waals surface area contributed by atoms with Gasteiger partial charge < -0.3 is 20.5 Å². The number of anilines is 1. The molecule has 0 spiro atoms. The summed E-state index contributed by atoms with van der Waals surface area (Å²) in [6.45, 7) is 7.81. The van der Waals surface area contributed by atoms with E-state index in [2.05, 4.69) is 49.9 Å². The maximum absolute atomic E-state index is 9.37. The maximum Gasteiger partial charge on any atom is 0.0988 e. The lowest BCUT2D eigenvalue weighted by Gasteiger charge is -2.43. The van der Waals surface area contributed by atoms with Crippen LogP contribution in [-0.2, 0) is 4.74 Å². The number of ether oxygens (including phenoxy) is 1. The van der Waals surface area contributed by atoms with Crippen molar-refractivity contribution >= 4 is 5.69 Å². The fourth-order valence-electron chi connectivity index (χ4n) is 2.76. The molecule has 1 aromatic rings. The molecule has 0 aromatic heterocycles. The SMILES string of the molecule is CC[C@@H](N)c1ccc(N2CC(CO)OC(C)(C)C2)cc1. The molecule has 4 nitrogen and oxygen atoms in total. The molecule has 0 bridgehead atoms. The first-order valence-corrected chi connectivity index (χ1v) is 7.34. The average Bonchev–Trinajstić information content (AvgIpc) is 2.44. The third kappa shape index (κ3) is 3.51. The van der Waals surface area contributed by atoms with Gasteiger partial charge in [0.25, 0.3) is 0 Å². The Kier molecular flexibility index (Phi) is 4.68. The summed E-state index contributed by atoms with van der Waals surface area (Å²) in [5.74, 6) is 0. The molecule has 1 aliphatic rings. The van der Waals surface area contributed by atoms with Gasteiger partial charge in [0.05, 0.1) is 18.3 Å². The lowest BCUT2D eigenvalue weighted by atomic mass is 10.0. The Balaban J connectivity index is 2.14. The summed E-state index contributed by atoms with van der Waals surface area (Å²) in [5, 5.41) is 9.37. The number of aliphatic hydroxyl groups excluding tert-OH is 1. The third-order valence-electron chi connectivity index (χ3n) is 3.81. The highest BCUT2D eigenvalue weighted by Gasteiger charge is 2.33. The van der Waals surface area contributed by atoms with Gasteiger partial charge in [-0.2, -0.15) is 0 Å². The minimum absolute atomic E-state index is 0.0543. The molecule has 1 aliphatic heterocycles. The van der Waals surface area contributed by atoms with Crippen molar-refractivity contribution < 1.29 is 9.84 Å². The van der Waals surface area contributed by atoms with Crippen LogP contribution in [0, 0.1) is 0 Å². The smallest absolute Gasteiger partial charge is 0.0988 e. The van der Waals surface area contributed by atoms with Crippen molar-refractivity contribution in [2.75, 3.05) is 24.6 Å². The van der Waals surface area contributed by atoms with Gasteiger partial charge in [0.1, 0.15) is 0 Å².